The number of nitrogens with zero attached hydrogens (tertiary/aromatic N) is 9. The van der Waals surface area contributed by atoms with E-state index in [2.05, 4.69) is 45.7 Å². The van der Waals surface area contributed by atoms with Crippen LogP contribution in [0.3, 0.4) is 0 Å². The number of hydrogen-bond acceptors (Lipinski definition) is 16. The van der Waals surface area contributed by atoms with Crippen LogP contribution in [0.1, 0.15) is 127 Å². The van der Waals surface area contributed by atoms with Crippen LogP contribution in [0.25, 0.3) is 32.3 Å². The summed E-state index contributed by atoms with van der Waals surface area (Å²) in [6, 6.07) is 63.0. The molecule has 2 fully saturated rings. The summed E-state index contributed by atoms with van der Waals surface area (Å²) >= 11 is 19.2. The number of rotatable bonds is 24. The van der Waals surface area contributed by atoms with Crippen molar-refractivity contribution in [2.45, 2.75) is 89.5 Å². The second-order valence-electron chi connectivity index (χ2n) is 27.4. The summed E-state index contributed by atoms with van der Waals surface area (Å²) < 4.78 is 0. The van der Waals surface area contributed by atoms with Gasteiger partial charge in [-0.3, -0.25) is 33.6 Å². The maximum atomic E-state index is 12.8. The summed E-state index contributed by atoms with van der Waals surface area (Å²) in [4.78, 5) is 116. The Hall–Kier alpha value is -12.4. The molecule has 9 aromatic carbocycles. The molecule has 12 aromatic rings. The standard InChI is InChI=1S/C31H31ClN4O3.C28H25ClN4O3.C27H23ClN4O5/c1-36(25-9-3-2-4-10-25)30-26(19-28(37)38)29(32)34-27(35-30)17-20-11-15-24(16-12-20)33-31(39)23-14-13-21-7-5-6-8-22(21)18-23;29-26-23(17-25(34)35)27(33-13-3-4-14-33)32-24(31-26)15-18-7-11-22(12-8-18)30-28(36)21-10-9-19-5-1-2-6-20(19)16-21;1-32(15-24(35)36)26-21(14-23(33)34)25(28)30-22(31-26)12-16-6-10-20(11-7-16)29-27(37)19-9-8-17-4-2-3-5-18(17)13-19/h5-8,11-16,18,25H,2-4,9-10,17,19H2,1H3,(H,33,39)(H,37,38);1-2,5-12,16H,3-4,13-15,17H2,(H,30,36)(H,34,35);2-11,13H,12,14-15H2,1H3,(H,29,37)(H,33,34)(H,35,36). The second-order valence-corrected chi connectivity index (χ2v) is 28.5. The molecule has 0 unspecified atom stereocenters. The number of fused-ring (bicyclic) bond motifs is 3. The fraction of sp³-hybridized carbons (Fsp3) is 0.221. The van der Waals surface area contributed by atoms with Crippen molar-refractivity contribution < 1.29 is 54.0 Å². The summed E-state index contributed by atoms with van der Waals surface area (Å²) in [5, 5.41) is 52.5. The molecular formula is C86H79Cl3N12O11. The Morgan fingerprint density at radius 2 is 0.732 bits per heavy atom. The number of anilines is 6. The van der Waals surface area contributed by atoms with E-state index in [9.17, 15) is 48.9 Å². The minimum absolute atomic E-state index is 0.0427. The molecule has 1 saturated heterocycles. The van der Waals surface area contributed by atoms with Gasteiger partial charge in [0.25, 0.3) is 17.7 Å². The van der Waals surface area contributed by atoms with Crippen LogP contribution in [0.5, 0.6) is 0 Å². The second kappa shape index (κ2) is 36.8. The van der Waals surface area contributed by atoms with Crippen molar-refractivity contribution in [3.63, 3.8) is 0 Å². The molecule has 3 aromatic heterocycles. The molecule has 0 radical (unpaired) electrons. The quantitative estimate of drug-likeness (QED) is 0.0276. The van der Waals surface area contributed by atoms with Crippen molar-refractivity contribution in [2.75, 3.05) is 64.4 Å². The summed E-state index contributed by atoms with van der Waals surface area (Å²) in [7, 11) is 3.46. The van der Waals surface area contributed by atoms with Gasteiger partial charge in [-0.05, 0) is 147 Å². The van der Waals surface area contributed by atoms with Crippen molar-refractivity contribution >= 4 is 143 Å². The third kappa shape index (κ3) is 20.9. The number of carboxylic acids is 4. The number of carboxylic acid groups (broad SMARTS) is 4. The van der Waals surface area contributed by atoms with E-state index in [1.54, 1.807) is 30.3 Å². The van der Waals surface area contributed by atoms with Crippen LogP contribution in [0.2, 0.25) is 15.5 Å². The zero-order chi connectivity index (χ0) is 79.0. The molecule has 1 aliphatic heterocycles. The average Bonchev–Trinajstić information content (AvgIpc) is 1.58. The van der Waals surface area contributed by atoms with Crippen LogP contribution in [0, 0.1) is 0 Å². The summed E-state index contributed by atoms with van der Waals surface area (Å²) in [5.41, 5.74) is 7.50. The number of halogens is 3. The first-order chi connectivity index (χ1) is 54.0. The lowest BCUT2D eigenvalue weighted by atomic mass is 9.94. The molecule has 26 heteroatoms. The van der Waals surface area contributed by atoms with E-state index in [1.165, 1.54) is 18.4 Å². The number of aromatic nitrogens is 6. The van der Waals surface area contributed by atoms with E-state index in [1.807, 2.05) is 177 Å². The summed E-state index contributed by atoms with van der Waals surface area (Å²) in [6.45, 7) is 1.26. The van der Waals surface area contributed by atoms with Gasteiger partial charge < -0.3 is 51.1 Å². The number of nitrogens with one attached hydrogen (secondary N) is 3. The third-order valence-corrected chi connectivity index (χ3v) is 20.2. The topological polar surface area (TPSA) is 324 Å². The Morgan fingerprint density at radius 3 is 1.11 bits per heavy atom. The molecule has 0 spiro atoms. The van der Waals surface area contributed by atoms with Gasteiger partial charge in [0.1, 0.15) is 56.9 Å². The van der Waals surface area contributed by atoms with Gasteiger partial charge >= 0.3 is 23.9 Å². The van der Waals surface area contributed by atoms with Crippen LogP contribution in [-0.4, -0.2) is 132 Å². The Balaban J connectivity index is 0.000000156. The summed E-state index contributed by atoms with van der Waals surface area (Å²) in [5.74, 6) is -2.01. The predicted octanol–water partition coefficient (Wildman–Crippen LogP) is 16.2. The zero-order valence-electron chi connectivity index (χ0n) is 61.2. The highest BCUT2D eigenvalue weighted by molar-refractivity contribution is 6.31. The van der Waals surface area contributed by atoms with Crippen molar-refractivity contribution in [3.8, 4) is 0 Å². The van der Waals surface area contributed by atoms with Gasteiger partial charge in [-0.1, -0.05) is 181 Å². The van der Waals surface area contributed by atoms with Gasteiger partial charge in [0, 0.05) is 103 Å². The van der Waals surface area contributed by atoms with E-state index >= 15 is 0 Å². The minimum Gasteiger partial charge on any atom is -0.481 e. The van der Waals surface area contributed by atoms with Gasteiger partial charge in [0.05, 0.1) is 19.3 Å². The molecule has 1 saturated carbocycles. The largest absolute Gasteiger partial charge is 0.481 e. The molecule has 23 nitrogen and oxygen atoms in total. The van der Waals surface area contributed by atoms with Gasteiger partial charge in [-0.2, -0.15) is 0 Å². The van der Waals surface area contributed by atoms with Crippen LogP contribution in [0.4, 0.5) is 34.5 Å². The van der Waals surface area contributed by atoms with Crippen molar-refractivity contribution in [1.29, 1.82) is 0 Å². The monoisotopic (exact) mass is 1560 g/mol. The lowest BCUT2D eigenvalue weighted by Gasteiger charge is -2.33. The lowest BCUT2D eigenvalue weighted by Crippen LogP contribution is -2.35. The Labute approximate surface area is 660 Å². The Morgan fingerprint density at radius 1 is 0.393 bits per heavy atom. The van der Waals surface area contributed by atoms with Crippen LogP contribution in [0.15, 0.2) is 200 Å². The van der Waals surface area contributed by atoms with Crippen molar-refractivity contribution in [2.24, 2.45) is 0 Å². The van der Waals surface area contributed by atoms with Crippen LogP contribution >= 0.6 is 34.8 Å². The first kappa shape index (κ1) is 79.1. The van der Waals surface area contributed by atoms with E-state index in [-0.39, 0.29) is 70.4 Å². The Kier molecular flexibility index (Phi) is 26.0. The third-order valence-electron chi connectivity index (χ3n) is 19.3. The normalized spacial score (nSPS) is 12.6. The maximum absolute atomic E-state index is 12.8. The van der Waals surface area contributed by atoms with E-state index in [0.717, 1.165) is 101 Å². The van der Waals surface area contributed by atoms with E-state index < -0.39 is 30.3 Å². The van der Waals surface area contributed by atoms with Crippen LogP contribution < -0.4 is 30.7 Å². The molecule has 4 heterocycles. The van der Waals surface area contributed by atoms with Crippen molar-refractivity contribution in [1.82, 2.24) is 29.9 Å². The molecule has 112 heavy (non-hydrogen) atoms. The smallest absolute Gasteiger partial charge is 0.323 e. The number of likely N-dealkylation sites (N-methyl/N-ethyl adjacent to an activating group) is 1. The number of hydrogen-bond donors (Lipinski definition) is 7. The highest BCUT2D eigenvalue weighted by Crippen LogP contribution is 2.34. The average molecular weight is 1560 g/mol. The van der Waals surface area contributed by atoms with Crippen molar-refractivity contribution in [3.05, 3.63) is 283 Å². The molecule has 0 atom stereocenters. The first-order valence-electron chi connectivity index (χ1n) is 36.4. The first-order valence-corrected chi connectivity index (χ1v) is 37.6. The Bertz CT molecular complexity index is 5490. The molecule has 0 bridgehead atoms. The van der Waals surface area contributed by atoms with E-state index in [4.69, 9.17) is 49.9 Å². The van der Waals surface area contributed by atoms with Gasteiger partial charge in [0.2, 0.25) is 0 Å². The van der Waals surface area contributed by atoms with Gasteiger partial charge in [-0.15, -0.1) is 0 Å². The number of carbonyl (C=O) groups is 7. The molecule has 570 valence electrons. The van der Waals surface area contributed by atoms with Crippen LogP contribution in [-0.2, 0) is 57.7 Å². The fourth-order valence-electron chi connectivity index (χ4n) is 13.6. The van der Waals surface area contributed by atoms with Gasteiger partial charge in [0.15, 0.2) is 0 Å². The maximum Gasteiger partial charge on any atom is 0.323 e. The number of carbonyl (C=O) groups excluding carboxylic acids is 3. The van der Waals surface area contributed by atoms with Gasteiger partial charge in [-0.25, -0.2) is 29.9 Å². The summed E-state index contributed by atoms with van der Waals surface area (Å²) in [6.07, 6.45) is 7.95. The molecular weight excluding hydrogens is 1480 g/mol. The SMILES string of the molecule is CN(CC(=O)O)c1nc(Cc2ccc(NC(=O)c3ccc4ccccc4c3)cc2)nc(Cl)c1CC(=O)O.CN(c1nc(Cc2ccc(NC(=O)c3ccc4ccccc4c3)cc2)nc(Cl)c1CC(=O)O)C1CCCCC1.O=C(O)Cc1c(Cl)nc(Cc2ccc(NC(=O)c3ccc4ccccc4c3)cc2)nc1N1CCCC1. The molecule has 7 N–H and O–H groups in total. The number of amides is 3. The molecule has 14 rings (SSSR count). The number of benzene rings is 9. The molecule has 2 aliphatic rings. The lowest BCUT2D eigenvalue weighted by molar-refractivity contribution is -0.137. The number of aliphatic carboxylic acids is 4. The fourth-order valence-corrected chi connectivity index (χ4v) is 14.3. The molecule has 3 amide bonds. The highest BCUT2D eigenvalue weighted by Gasteiger charge is 2.28. The predicted molar refractivity (Wildman–Crippen MR) is 436 cm³/mol. The minimum atomic E-state index is -1.13. The van der Waals surface area contributed by atoms with E-state index in [0.29, 0.717) is 92.9 Å². The molecule has 1 aliphatic carbocycles. The highest BCUT2D eigenvalue weighted by atomic mass is 35.5. The zero-order valence-corrected chi connectivity index (χ0v) is 63.5.